The molecule has 0 heterocycles. The van der Waals surface area contributed by atoms with Crippen LogP contribution in [0.2, 0.25) is 0 Å². The van der Waals surface area contributed by atoms with Crippen LogP contribution in [-0.2, 0) is 0 Å². The summed E-state index contributed by atoms with van der Waals surface area (Å²) in [7, 11) is 0. The van der Waals surface area contributed by atoms with Crippen molar-refractivity contribution in [1.82, 2.24) is 0 Å². The van der Waals surface area contributed by atoms with Crippen LogP contribution in [0.25, 0.3) is 0 Å². The van der Waals surface area contributed by atoms with Crippen molar-refractivity contribution < 1.29 is 15.3 Å². The third-order valence-corrected chi connectivity index (χ3v) is 1.83. The molecule has 0 amide bonds. The first-order valence-corrected chi connectivity index (χ1v) is 3.72. The lowest BCUT2D eigenvalue weighted by atomic mass is 9.95. The SMILES string of the molecule is C=C[C@@H](O)C1=CC=C[C@H](O)[C@@H]1O. The lowest BCUT2D eigenvalue weighted by Crippen LogP contribution is -2.32. The van der Waals surface area contributed by atoms with Gasteiger partial charge < -0.3 is 15.3 Å². The van der Waals surface area contributed by atoms with Crippen molar-refractivity contribution in [1.29, 1.82) is 0 Å². The highest BCUT2D eigenvalue weighted by atomic mass is 16.3. The first-order chi connectivity index (χ1) is 5.66. The Bertz CT molecular complexity index is 230. The number of hydrogen-bond acceptors (Lipinski definition) is 3. The molecule has 0 aromatic carbocycles. The Morgan fingerprint density at radius 1 is 1.50 bits per heavy atom. The van der Waals surface area contributed by atoms with E-state index in [-0.39, 0.29) is 0 Å². The highest BCUT2D eigenvalue weighted by Gasteiger charge is 2.24. The van der Waals surface area contributed by atoms with E-state index in [0.717, 1.165) is 0 Å². The molecule has 3 atom stereocenters. The highest BCUT2D eigenvalue weighted by Crippen LogP contribution is 2.17. The predicted octanol–water partition coefficient (Wildman–Crippen LogP) is -0.249. The van der Waals surface area contributed by atoms with Gasteiger partial charge in [0.2, 0.25) is 0 Å². The van der Waals surface area contributed by atoms with Gasteiger partial charge in [0.25, 0.3) is 0 Å². The first kappa shape index (κ1) is 9.19. The minimum absolute atomic E-state index is 0.375. The third kappa shape index (κ3) is 1.64. The van der Waals surface area contributed by atoms with Crippen LogP contribution in [0.1, 0.15) is 0 Å². The van der Waals surface area contributed by atoms with E-state index < -0.39 is 18.3 Å². The Kier molecular flexibility index (Phi) is 2.81. The molecule has 0 aromatic heterocycles. The number of allylic oxidation sites excluding steroid dienone is 2. The Labute approximate surface area is 71.0 Å². The van der Waals surface area contributed by atoms with Gasteiger partial charge >= 0.3 is 0 Å². The van der Waals surface area contributed by atoms with Crippen molar-refractivity contribution in [3.63, 3.8) is 0 Å². The van der Waals surface area contributed by atoms with E-state index in [2.05, 4.69) is 6.58 Å². The van der Waals surface area contributed by atoms with Crippen LogP contribution in [0.3, 0.4) is 0 Å². The van der Waals surface area contributed by atoms with Crippen LogP contribution in [0, 0.1) is 0 Å². The third-order valence-electron chi connectivity index (χ3n) is 1.83. The van der Waals surface area contributed by atoms with Gasteiger partial charge in [-0.1, -0.05) is 24.3 Å². The van der Waals surface area contributed by atoms with Crippen LogP contribution in [-0.4, -0.2) is 33.6 Å². The number of aliphatic hydroxyl groups is 3. The predicted molar refractivity (Wildman–Crippen MR) is 45.4 cm³/mol. The second kappa shape index (κ2) is 3.67. The van der Waals surface area contributed by atoms with Gasteiger partial charge in [-0.25, -0.2) is 0 Å². The Balaban J connectivity index is 2.82. The molecule has 66 valence electrons. The molecule has 3 heteroatoms. The molecule has 0 bridgehead atoms. The summed E-state index contributed by atoms with van der Waals surface area (Å²) in [4.78, 5) is 0. The lowest BCUT2D eigenvalue weighted by molar-refractivity contribution is 0.0572. The summed E-state index contributed by atoms with van der Waals surface area (Å²) >= 11 is 0. The smallest absolute Gasteiger partial charge is 0.108 e. The molecule has 1 aliphatic rings. The van der Waals surface area contributed by atoms with E-state index >= 15 is 0 Å². The fourth-order valence-electron chi connectivity index (χ4n) is 1.09. The summed E-state index contributed by atoms with van der Waals surface area (Å²) < 4.78 is 0. The average Bonchev–Trinajstić information content (AvgIpc) is 2.08. The highest BCUT2D eigenvalue weighted by molar-refractivity contribution is 5.30. The zero-order chi connectivity index (χ0) is 9.14. The maximum Gasteiger partial charge on any atom is 0.108 e. The average molecular weight is 168 g/mol. The number of hydrogen-bond donors (Lipinski definition) is 3. The van der Waals surface area contributed by atoms with E-state index in [1.807, 2.05) is 0 Å². The molecule has 0 spiro atoms. The van der Waals surface area contributed by atoms with Gasteiger partial charge in [0.1, 0.15) is 12.2 Å². The van der Waals surface area contributed by atoms with Crippen molar-refractivity contribution in [2.45, 2.75) is 18.3 Å². The fraction of sp³-hybridized carbons (Fsp3) is 0.333. The van der Waals surface area contributed by atoms with E-state index in [1.165, 1.54) is 12.2 Å². The number of rotatable bonds is 2. The molecule has 12 heavy (non-hydrogen) atoms. The van der Waals surface area contributed by atoms with Gasteiger partial charge in [0.15, 0.2) is 0 Å². The molecule has 3 N–H and O–H groups in total. The van der Waals surface area contributed by atoms with Gasteiger partial charge in [0, 0.05) is 0 Å². The van der Waals surface area contributed by atoms with Crippen LogP contribution in [0.15, 0.2) is 36.5 Å². The molecule has 0 aliphatic heterocycles. The van der Waals surface area contributed by atoms with E-state index in [4.69, 9.17) is 5.11 Å². The molecule has 0 fully saturated rings. The van der Waals surface area contributed by atoms with Crippen LogP contribution in [0.4, 0.5) is 0 Å². The second-order valence-corrected chi connectivity index (χ2v) is 2.67. The zero-order valence-corrected chi connectivity index (χ0v) is 6.59. The summed E-state index contributed by atoms with van der Waals surface area (Å²) in [5, 5.41) is 27.8. The first-order valence-electron chi connectivity index (χ1n) is 3.72. The molecular formula is C9H12O3. The summed E-state index contributed by atoms with van der Waals surface area (Å²) in [6.07, 6.45) is 3.09. The molecule has 0 aromatic rings. The maximum atomic E-state index is 9.36. The second-order valence-electron chi connectivity index (χ2n) is 2.67. The van der Waals surface area contributed by atoms with E-state index in [1.54, 1.807) is 12.2 Å². The van der Waals surface area contributed by atoms with Gasteiger partial charge in [-0.2, -0.15) is 0 Å². The van der Waals surface area contributed by atoms with Gasteiger partial charge in [-0.15, -0.1) is 6.58 Å². The summed E-state index contributed by atoms with van der Waals surface area (Å²) in [6.45, 7) is 3.39. The Morgan fingerprint density at radius 3 is 2.75 bits per heavy atom. The quantitative estimate of drug-likeness (QED) is 0.498. The molecule has 0 saturated carbocycles. The zero-order valence-electron chi connectivity index (χ0n) is 6.59. The fourth-order valence-corrected chi connectivity index (χ4v) is 1.09. The van der Waals surface area contributed by atoms with Gasteiger partial charge in [0.05, 0.1) is 6.10 Å². The van der Waals surface area contributed by atoms with Crippen molar-refractivity contribution in [3.05, 3.63) is 36.5 Å². The van der Waals surface area contributed by atoms with Gasteiger partial charge in [-0.3, -0.25) is 0 Å². The lowest BCUT2D eigenvalue weighted by Gasteiger charge is -2.23. The molecule has 0 unspecified atom stereocenters. The molecule has 1 aliphatic carbocycles. The van der Waals surface area contributed by atoms with Crippen LogP contribution in [0.5, 0.6) is 0 Å². The molecule has 3 nitrogen and oxygen atoms in total. The minimum Gasteiger partial charge on any atom is -0.386 e. The van der Waals surface area contributed by atoms with Gasteiger partial charge in [-0.05, 0) is 5.57 Å². The van der Waals surface area contributed by atoms with Crippen molar-refractivity contribution >= 4 is 0 Å². The minimum atomic E-state index is -1.03. The van der Waals surface area contributed by atoms with E-state index in [0.29, 0.717) is 5.57 Å². The standard InChI is InChI=1S/C9H12O3/c1-2-7(10)6-4-3-5-8(11)9(6)12/h2-5,7-12H,1H2/t7-,8+,9-/m1/s1. The summed E-state index contributed by atoms with van der Waals surface area (Å²) in [6, 6.07) is 0. The molecular weight excluding hydrogens is 156 g/mol. The number of aliphatic hydroxyl groups excluding tert-OH is 3. The Morgan fingerprint density at radius 2 is 2.17 bits per heavy atom. The maximum absolute atomic E-state index is 9.36. The van der Waals surface area contributed by atoms with Crippen LogP contribution < -0.4 is 0 Å². The topological polar surface area (TPSA) is 60.7 Å². The molecule has 0 radical (unpaired) electrons. The van der Waals surface area contributed by atoms with Crippen molar-refractivity contribution in [2.24, 2.45) is 0 Å². The molecule has 0 saturated heterocycles. The summed E-state index contributed by atoms with van der Waals surface area (Å²) in [5.41, 5.74) is 0.375. The normalized spacial score (nSPS) is 31.1. The van der Waals surface area contributed by atoms with Crippen LogP contribution >= 0.6 is 0 Å². The van der Waals surface area contributed by atoms with E-state index in [9.17, 15) is 10.2 Å². The summed E-state index contributed by atoms with van der Waals surface area (Å²) in [5.74, 6) is 0. The van der Waals surface area contributed by atoms with Crippen molar-refractivity contribution in [3.8, 4) is 0 Å². The van der Waals surface area contributed by atoms with Crippen molar-refractivity contribution in [2.75, 3.05) is 0 Å². The molecule has 1 rings (SSSR count). The largest absolute Gasteiger partial charge is 0.386 e. The monoisotopic (exact) mass is 168 g/mol. The Hall–Kier alpha value is -0.900.